The fourth-order valence-electron chi connectivity index (χ4n) is 3.38. The molecular formula is C16H24N4O4. The van der Waals surface area contributed by atoms with Crippen molar-refractivity contribution in [1.82, 2.24) is 19.6 Å². The number of hydrogen-bond donors (Lipinski definition) is 0. The molecule has 0 aromatic carbocycles. The number of ether oxygens (including phenoxy) is 2. The second-order valence-corrected chi connectivity index (χ2v) is 6.21. The molecule has 0 N–H and O–H groups in total. The zero-order valence-corrected chi connectivity index (χ0v) is 14.4. The van der Waals surface area contributed by atoms with E-state index in [1.807, 2.05) is 0 Å². The Hall–Kier alpha value is -2.09. The van der Waals surface area contributed by atoms with Crippen LogP contribution in [-0.4, -0.2) is 77.4 Å². The molecule has 0 unspecified atom stereocenters. The highest BCUT2D eigenvalue weighted by atomic mass is 16.5. The summed E-state index contributed by atoms with van der Waals surface area (Å²) in [7, 11) is 3.28. The average molecular weight is 336 g/mol. The number of methoxy groups -OCH3 is 1. The van der Waals surface area contributed by atoms with Crippen LogP contribution in [0.15, 0.2) is 0 Å². The molecule has 8 nitrogen and oxygen atoms in total. The van der Waals surface area contributed by atoms with Crippen molar-refractivity contribution in [3.63, 3.8) is 0 Å². The van der Waals surface area contributed by atoms with Crippen LogP contribution in [0.3, 0.4) is 0 Å². The van der Waals surface area contributed by atoms with Crippen LogP contribution >= 0.6 is 0 Å². The summed E-state index contributed by atoms with van der Waals surface area (Å²) in [6.45, 7) is 4.55. The number of carbonyl (C=O) groups excluding carboxylic acids is 2. The molecule has 8 heteroatoms. The van der Waals surface area contributed by atoms with E-state index < -0.39 is 0 Å². The average Bonchev–Trinajstić information content (AvgIpc) is 3.21. The second-order valence-electron chi connectivity index (χ2n) is 6.21. The van der Waals surface area contributed by atoms with E-state index in [0.717, 1.165) is 12.8 Å². The van der Waals surface area contributed by atoms with Gasteiger partial charge in [0.2, 0.25) is 5.88 Å². The predicted octanol–water partition coefficient (Wildman–Crippen LogP) is 0.201. The lowest BCUT2D eigenvalue weighted by Crippen LogP contribution is -2.52. The lowest BCUT2D eigenvalue weighted by atomic mass is 10.1. The Kier molecular flexibility index (Phi) is 4.75. The highest BCUT2D eigenvalue weighted by molar-refractivity contribution is 5.97. The van der Waals surface area contributed by atoms with Crippen molar-refractivity contribution in [2.45, 2.75) is 25.9 Å². The molecule has 2 saturated heterocycles. The Labute approximate surface area is 141 Å². The van der Waals surface area contributed by atoms with Crippen molar-refractivity contribution in [2.75, 3.05) is 39.9 Å². The Morgan fingerprint density at radius 1 is 1.21 bits per heavy atom. The Morgan fingerprint density at radius 2 is 1.88 bits per heavy atom. The zero-order chi connectivity index (χ0) is 17.3. The molecule has 132 valence electrons. The monoisotopic (exact) mass is 336 g/mol. The van der Waals surface area contributed by atoms with E-state index in [4.69, 9.17) is 9.47 Å². The van der Waals surface area contributed by atoms with Gasteiger partial charge in [-0.05, 0) is 19.8 Å². The molecule has 1 aromatic heterocycles. The fourth-order valence-corrected chi connectivity index (χ4v) is 3.38. The number of carbonyl (C=O) groups is 2. The Morgan fingerprint density at radius 3 is 2.46 bits per heavy atom. The summed E-state index contributed by atoms with van der Waals surface area (Å²) < 4.78 is 12.3. The Bertz CT molecular complexity index is 628. The molecule has 1 aromatic rings. The van der Waals surface area contributed by atoms with E-state index in [1.165, 1.54) is 7.11 Å². The van der Waals surface area contributed by atoms with Crippen molar-refractivity contribution < 1.29 is 19.1 Å². The van der Waals surface area contributed by atoms with E-state index in [0.29, 0.717) is 49.9 Å². The smallest absolute Gasteiger partial charge is 0.261 e. The quantitative estimate of drug-likeness (QED) is 0.788. The minimum absolute atomic E-state index is 0.0507. The molecule has 0 bridgehead atoms. The first-order valence-electron chi connectivity index (χ1n) is 8.30. The van der Waals surface area contributed by atoms with Gasteiger partial charge in [-0.3, -0.25) is 9.59 Å². The largest absolute Gasteiger partial charge is 0.481 e. The molecule has 0 radical (unpaired) electrons. The molecule has 2 amide bonds. The maximum absolute atomic E-state index is 12.8. The molecule has 2 aliphatic heterocycles. The number of nitrogens with zero attached hydrogens (tertiary/aromatic N) is 4. The first-order valence-corrected chi connectivity index (χ1v) is 8.30. The summed E-state index contributed by atoms with van der Waals surface area (Å²) in [5.74, 6) is 0.423. The minimum atomic E-state index is -0.298. The molecule has 1 atom stereocenters. The van der Waals surface area contributed by atoms with Gasteiger partial charge in [-0.15, -0.1) is 0 Å². The molecule has 0 saturated carbocycles. The van der Waals surface area contributed by atoms with E-state index in [-0.39, 0.29) is 17.9 Å². The van der Waals surface area contributed by atoms with Crippen LogP contribution < -0.4 is 4.74 Å². The second kappa shape index (κ2) is 6.80. The van der Waals surface area contributed by atoms with Gasteiger partial charge in [-0.25, -0.2) is 4.68 Å². The predicted molar refractivity (Wildman–Crippen MR) is 86.0 cm³/mol. The summed E-state index contributed by atoms with van der Waals surface area (Å²) in [5, 5.41) is 4.26. The van der Waals surface area contributed by atoms with Crippen molar-refractivity contribution in [1.29, 1.82) is 0 Å². The van der Waals surface area contributed by atoms with Crippen LogP contribution in [0.1, 0.15) is 28.9 Å². The van der Waals surface area contributed by atoms with Gasteiger partial charge in [0.1, 0.15) is 11.7 Å². The maximum Gasteiger partial charge on any atom is 0.261 e. The number of aryl methyl sites for hydroxylation is 2. The van der Waals surface area contributed by atoms with Crippen LogP contribution in [0, 0.1) is 6.92 Å². The van der Waals surface area contributed by atoms with Gasteiger partial charge in [0, 0.05) is 39.8 Å². The van der Waals surface area contributed by atoms with Crippen molar-refractivity contribution in [2.24, 2.45) is 7.05 Å². The third kappa shape index (κ3) is 2.98. The van der Waals surface area contributed by atoms with Gasteiger partial charge in [0.05, 0.1) is 12.8 Å². The molecule has 2 fully saturated rings. The van der Waals surface area contributed by atoms with Crippen LogP contribution in [0.4, 0.5) is 0 Å². The van der Waals surface area contributed by atoms with Gasteiger partial charge < -0.3 is 19.3 Å². The fraction of sp³-hybridized carbons (Fsp3) is 0.688. The summed E-state index contributed by atoms with van der Waals surface area (Å²) in [6.07, 6.45) is 1.44. The van der Waals surface area contributed by atoms with Gasteiger partial charge in [-0.1, -0.05) is 0 Å². The number of hydrogen-bond acceptors (Lipinski definition) is 5. The molecule has 3 heterocycles. The highest BCUT2D eigenvalue weighted by Gasteiger charge is 2.33. The lowest BCUT2D eigenvalue weighted by molar-refractivity contribution is -0.142. The van der Waals surface area contributed by atoms with Gasteiger partial charge in [-0.2, -0.15) is 5.10 Å². The maximum atomic E-state index is 12.8. The number of rotatable bonds is 3. The summed E-state index contributed by atoms with van der Waals surface area (Å²) in [6, 6.07) is 0. The van der Waals surface area contributed by atoms with Gasteiger partial charge >= 0.3 is 0 Å². The minimum Gasteiger partial charge on any atom is -0.481 e. The van der Waals surface area contributed by atoms with Crippen LogP contribution in [0.5, 0.6) is 5.88 Å². The third-order valence-electron chi connectivity index (χ3n) is 4.66. The van der Waals surface area contributed by atoms with E-state index in [9.17, 15) is 9.59 Å². The van der Waals surface area contributed by atoms with Crippen LogP contribution in [0.2, 0.25) is 0 Å². The summed E-state index contributed by atoms with van der Waals surface area (Å²) >= 11 is 0. The SMILES string of the molecule is COc1c(C(=O)N2CCN(C(=O)[C@@H]3CCCO3)CC2)c(C)nn1C. The molecule has 24 heavy (non-hydrogen) atoms. The first-order chi connectivity index (χ1) is 11.5. The van der Waals surface area contributed by atoms with Crippen LogP contribution in [-0.2, 0) is 16.6 Å². The lowest BCUT2D eigenvalue weighted by Gasteiger charge is -2.35. The molecule has 0 spiro atoms. The number of aromatic nitrogens is 2. The third-order valence-corrected chi connectivity index (χ3v) is 4.66. The molecule has 0 aliphatic carbocycles. The normalized spacial score (nSPS) is 21.2. The van der Waals surface area contributed by atoms with Gasteiger partial charge in [0.15, 0.2) is 0 Å². The topological polar surface area (TPSA) is 76.9 Å². The first kappa shape index (κ1) is 16.8. The van der Waals surface area contributed by atoms with Crippen molar-refractivity contribution in [3.05, 3.63) is 11.3 Å². The van der Waals surface area contributed by atoms with E-state index >= 15 is 0 Å². The molecule has 2 aliphatic rings. The summed E-state index contributed by atoms with van der Waals surface area (Å²) in [5.41, 5.74) is 1.15. The summed E-state index contributed by atoms with van der Waals surface area (Å²) in [4.78, 5) is 28.7. The molecule has 3 rings (SSSR count). The molecular weight excluding hydrogens is 312 g/mol. The highest BCUT2D eigenvalue weighted by Crippen LogP contribution is 2.23. The van der Waals surface area contributed by atoms with Crippen LogP contribution in [0.25, 0.3) is 0 Å². The van der Waals surface area contributed by atoms with E-state index in [1.54, 1.807) is 28.5 Å². The van der Waals surface area contributed by atoms with Crippen molar-refractivity contribution >= 4 is 11.8 Å². The van der Waals surface area contributed by atoms with E-state index in [2.05, 4.69) is 5.10 Å². The van der Waals surface area contributed by atoms with Crippen molar-refractivity contribution in [3.8, 4) is 5.88 Å². The zero-order valence-electron chi connectivity index (χ0n) is 14.4. The van der Waals surface area contributed by atoms with Gasteiger partial charge in [0.25, 0.3) is 11.8 Å². The number of piperazine rings is 1. The standard InChI is InChI=1S/C16H24N4O4/c1-11-13(16(23-3)18(2)17-11)15(22)20-8-6-19(7-9-20)14(21)12-5-4-10-24-12/h12H,4-10H2,1-3H3/t12-/m0/s1. The Balaban J connectivity index is 1.64. The number of amides is 2.